The second-order valence-electron chi connectivity index (χ2n) is 3.57. The maximum absolute atomic E-state index is 11.4. The number of hydrogen-bond donors (Lipinski definition) is 4. The molecule has 0 rings (SSSR count). The summed E-state index contributed by atoms with van der Waals surface area (Å²) in [5.74, 6) is -0.807. The Bertz CT molecular complexity index is 287. The number of aliphatic hydroxyl groups excluding tert-OH is 1. The standard InChI is InChI=1S/C10H19N3O3/c1-3-4-7(11)10(16)13-9(12)5-8(15)6(2)14/h5-7,14-15H,3-4,11H2,1-2H3,(H2,12,13,16)/p+1/b8-5-. The second-order valence-corrected chi connectivity index (χ2v) is 3.57. The van der Waals surface area contributed by atoms with Gasteiger partial charge in [-0.1, -0.05) is 13.3 Å². The largest absolute Gasteiger partial charge is 0.594 e. The Labute approximate surface area is 94.7 Å². The third-order valence-corrected chi connectivity index (χ3v) is 1.94. The molecule has 0 aromatic carbocycles. The summed E-state index contributed by atoms with van der Waals surface area (Å²) in [5.41, 5.74) is 5.54. The molecule has 0 heterocycles. The van der Waals surface area contributed by atoms with E-state index in [1.165, 1.54) is 6.92 Å². The second kappa shape index (κ2) is 6.97. The molecule has 0 saturated heterocycles. The van der Waals surface area contributed by atoms with Crippen molar-refractivity contribution in [2.45, 2.75) is 38.8 Å². The summed E-state index contributed by atoms with van der Waals surface area (Å²) >= 11 is 0. The summed E-state index contributed by atoms with van der Waals surface area (Å²) in [6.45, 7) is 3.32. The topological polar surface area (TPSA) is 122 Å². The molecule has 1 amide bonds. The molecule has 6 heteroatoms. The molecule has 0 fully saturated rings. The van der Waals surface area contributed by atoms with Crippen LogP contribution in [0.2, 0.25) is 0 Å². The summed E-state index contributed by atoms with van der Waals surface area (Å²) in [6.07, 6.45) is 1.46. The molecule has 0 aliphatic carbocycles. The third kappa shape index (κ3) is 5.47. The van der Waals surface area contributed by atoms with Crippen LogP contribution in [0.1, 0.15) is 26.7 Å². The van der Waals surface area contributed by atoms with Crippen LogP contribution in [0.25, 0.3) is 0 Å². The van der Waals surface area contributed by atoms with Crippen molar-refractivity contribution in [2.24, 2.45) is 5.73 Å². The Morgan fingerprint density at radius 3 is 2.69 bits per heavy atom. The van der Waals surface area contributed by atoms with E-state index in [1.54, 1.807) is 0 Å². The van der Waals surface area contributed by atoms with Crippen LogP contribution in [0, 0.1) is 5.41 Å². The molecule has 7 N–H and O–H groups in total. The lowest BCUT2D eigenvalue weighted by Crippen LogP contribution is -2.42. The average molecular weight is 230 g/mol. The minimum Gasteiger partial charge on any atom is -0.594 e. The van der Waals surface area contributed by atoms with E-state index in [-0.39, 0.29) is 11.6 Å². The summed E-state index contributed by atoms with van der Waals surface area (Å²) in [4.78, 5) is 11.4. The van der Waals surface area contributed by atoms with E-state index in [0.29, 0.717) is 6.42 Å². The molecular formula is C10H20N3O3+. The van der Waals surface area contributed by atoms with Crippen molar-refractivity contribution in [1.29, 1.82) is 5.41 Å². The maximum atomic E-state index is 11.4. The quantitative estimate of drug-likeness (QED) is 0.214. The van der Waals surface area contributed by atoms with Crippen LogP contribution in [0.3, 0.4) is 0 Å². The van der Waals surface area contributed by atoms with Crippen molar-refractivity contribution in [1.82, 2.24) is 5.32 Å². The van der Waals surface area contributed by atoms with E-state index in [1.807, 2.05) is 6.92 Å². The van der Waals surface area contributed by atoms with E-state index < -0.39 is 18.1 Å². The Morgan fingerprint density at radius 1 is 1.69 bits per heavy atom. The molecule has 0 aliphatic heterocycles. The van der Waals surface area contributed by atoms with Gasteiger partial charge in [-0.25, -0.2) is 0 Å². The van der Waals surface area contributed by atoms with E-state index >= 15 is 0 Å². The summed E-state index contributed by atoms with van der Waals surface area (Å²) < 4.78 is 0. The predicted molar refractivity (Wildman–Crippen MR) is 62.1 cm³/mol. The van der Waals surface area contributed by atoms with Gasteiger partial charge < -0.3 is 21.3 Å². The van der Waals surface area contributed by atoms with Gasteiger partial charge in [-0.15, -0.1) is 0 Å². The first-order valence-electron chi connectivity index (χ1n) is 5.14. The summed E-state index contributed by atoms with van der Waals surface area (Å²) in [5, 5.41) is 25.9. The molecule has 92 valence electrons. The van der Waals surface area contributed by atoms with Crippen molar-refractivity contribution in [3.8, 4) is 0 Å². The lowest BCUT2D eigenvalue weighted by Gasteiger charge is -2.10. The number of amides is 1. The van der Waals surface area contributed by atoms with E-state index in [2.05, 4.69) is 5.32 Å². The van der Waals surface area contributed by atoms with Gasteiger partial charge in [0.2, 0.25) is 5.91 Å². The number of aliphatic hydroxyl groups is 1. The highest BCUT2D eigenvalue weighted by molar-refractivity contribution is 6.04. The van der Waals surface area contributed by atoms with Gasteiger partial charge in [-0.3, -0.25) is 10.2 Å². The minimum atomic E-state index is -0.957. The van der Waals surface area contributed by atoms with Crippen LogP contribution in [-0.2, 0) is 4.79 Å². The fraction of sp³-hybridized carbons (Fsp3) is 0.600. The van der Waals surface area contributed by atoms with Crippen molar-refractivity contribution in [2.75, 3.05) is 0 Å². The molecule has 16 heavy (non-hydrogen) atoms. The van der Waals surface area contributed by atoms with Crippen molar-refractivity contribution in [3.05, 3.63) is 11.8 Å². The van der Waals surface area contributed by atoms with E-state index in [4.69, 9.17) is 21.4 Å². The molecule has 2 unspecified atom stereocenters. The zero-order valence-corrected chi connectivity index (χ0v) is 9.58. The highest BCUT2D eigenvalue weighted by Gasteiger charge is 2.14. The first kappa shape index (κ1) is 14.6. The highest BCUT2D eigenvalue weighted by atomic mass is 16.3. The Balaban J connectivity index is 4.25. The maximum Gasteiger partial charge on any atom is 0.261 e. The van der Waals surface area contributed by atoms with E-state index in [0.717, 1.165) is 12.5 Å². The minimum absolute atomic E-state index is 0.130. The van der Waals surface area contributed by atoms with Crippen LogP contribution in [0.4, 0.5) is 0 Å². The lowest BCUT2D eigenvalue weighted by atomic mass is 10.1. The number of amidine groups is 1. The number of hydrogen-bond acceptors (Lipinski definition) is 4. The van der Waals surface area contributed by atoms with Crippen LogP contribution < -0.4 is 11.1 Å². The Hall–Kier alpha value is -1.40. The van der Waals surface area contributed by atoms with Crippen molar-refractivity contribution < 1.29 is 15.0 Å². The van der Waals surface area contributed by atoms with Gasteiger partial charge >= 0.3 is 0 Å². The summed E-state index contributed by atoms with van der Waals surface area (Å²) in [7, 11) is 0. The molecule has 0 bridgehead atoms. The SMILES string of the molecule is CCCC(N)C(=O)NC(=N)/C=C(\[OH2+])C(C)O. The molecule has 0 aromatic heterocycles. The van der Waals surface area contributed by atoms with Gasteiger partial charge in [0.05, 0.1) is 12.1 Å². The number of carbonyl (C=O) groups is 1. The molecule has 0 aliphatic rings. The zero-order valence-electron chi connectivity index (χ0n) is 9.58. The van der Waals surface area contributed by atoms with Gasteiger partial charge in [0, 0.05) is 0 Å². The predicted octanol–water partition coefficient (Wildman–Crippen LogP) is -0.803. The molecule has 0 aromatic rings. The van der Waals surface area contributed by atoms with E-state index in [9.17, 15) is 4.79 Å². The van der Waals surface area contributed by atoms with Crippen LogP contribution in [0.15, 0.2) is 11.8 Å². The molecular weight excluding hydrogens is 210 g/mol. The third-order valence-electron chi connectivity index (χ3n) is 1.94. The fourth-order valence-electron chi connectivity index (χ4n) is 0.980. The number of carbonyl (C=O) groups excluding carboxylic acids is 1. The number of nitrogens with two attached hydrogens (primary N) is 1. The fourth-order valence-corrected chi connectivity index (χ4v) is 0.980. The Kier molecular flexibility index (Phi) is 6.36. The van der Waals surface area contributed by atoms with Gasteiger partial charge in [-0.05, 0) is 13.3 Å². The smallest absolute Gasteiger partial charge is 0.261 e. The average Bonchev–Trinajstić information content (AvgIpc) is 2.17. The Morgan fingerprint density at radius 2 is 2.25 bits per heavy atom. The van der Waals surface area contributed by atoms with Gasteiger partial charge in [-0.2, -0.15) is 0 Å². The zero-order chi connectivity index (χ0) is 12.7. The monoisotopic (exact) mass is 230 g/mol. The van der Waals surface area contributed by atoms with Crippen molar-refractivity contribution >= 4 is 11.7 Å². The first-order valence-corrected chi connectivity index (χ1v) is 5.14. The van der Waals surface area contributed by atoms with Crippen LogP contribution in [-0.4, -0.2) is 34.1 Å². The molecule has 2 atom stereocenters. The van der Waals surface area contributed by atoms with Crippen LogP contribution in [0.5, 0.6) is 0 Å². The van der Waals surface area contributed by atoms with Crippen LogP contribution >= 0.6 is 0 Å². The normalized spacial score (nSPS) is 15.4. The highest BCUT2D eigenvalue weighted by Crippen LogP contribution is 1.97. The lowest BCUT2D eigenvalue weighted by molar-refractivity contribution is -0.121. The molecule has 0 spiro atoms. The molecule has 0 radical (unpaired) electrons. The molecule has 0 saturated carbocycles. The van der Waals surface area contributed by atoms with Gasteiger partial charge in [0.1, 0.15) is 5.84 Å². The first-order chi connectivity index (χ1) is 7.38. The van der Waals surface area contributed by atoms with Gasteiger partial charge in [0.25, 0.3) is 5.76 Å². The number of nitrogens with one attached hydrogen (secondary N) is 2. The number of rotatable bonds is 5. The summed E-state index contributed by atoms with van der Waals surface area (Å²) in [6, 6.07) is -0.639. The van der Waals surface area contributed by atoms with Gasteiger partial charge in [0.15, 0.2) is 6.10 Å². The molecule has 6 nitrogen and oxygen atoms in total. The van der Waals surface area contributed by atoms with Crippen molar-refractivity contribution in [3.63, 3.8) is 0 Å².